The van der Waals surface area contributed by atoms with Crippen LogP contribution in [-0.4, -0.2) is 39.5 Å². The summed E-state index contributed by atoms with van der Waals surface area (Å²) in [6.07, 6.45) is 2.34. The summed E-state index contributed by atoms with van der Waals surface area (Å²) in [4.78, 5) is 43.8. The van der Waals surface area contributed by atoms with Crippen LogP contribution in [0.2, 0.25) is 0 Å². The van der Waals surface area contributed by atoms with Crippen molar-refractivity contribution in [3.05, 3.63) is 64.8 Å². The molecule has 0 aliphatic carbocycles. The zero-order chi connectivity index (χ0) is 21.0. The van der Waals surface area contributed by atoms with E-state index in [1.807, 2.05) is 0 Å². The number of nitrogens with zero attached hydrogens (tertiary/aromatic N) is 2. The number of carboxylic acids is 1. The Kier molecular flexibility index (Phi) is 5.93. The molecule has 2 heterocycles. The minimum atomic E-state index is -1.41. The van der Waals surface area contributed by atoms with E-state index in [1.165, 1.54) is 30.5 Å². The molecule has 0 spiro atoms. The van der Waals surface area contributed by atoms with Gasteiger partial charge >= 0.3 is 11.9 Å². The number of nitrogens with one attached hydrogen (secondary N) is 1. The number of benzene rings is 1. The third kappa shape index (κ3) is 4.27. The van der Waals surface area contributed by atoms with Gasteiger partial charge in [-0.1, -0.05) is 12.1 Å². The lowest BCUT2D eigenvalue weighted by Crippen LogP contribution is -2.20. The van der Waals surface area contributed by atoms with Crippen LogP contribution in [0.15, 0.2) is 42.0 Å². The molecule has 0 unspecified atom stereocenters. The molecule has 8 nitrogen and oxygen atoms in total. The number of carboxylic acid groups (broad SMARTS) is 1. The monoisotopic (exact) mass is 415 g/mol. The van der Waals surface area contributed by atoms with E-state index in [2.05, 4.69) is 15.3 Å². The van der Waals surface area contributed by atoms with Gasteiger partial charge in [0, 0.05) is 23.3 Å². The summed E-state index contributed by atoms with van der Waals surface area (Å²) in [6, 6.07) is 5.49. The maximum absolute atomic E-state index is 13.2. The molecule has 1 amide bonds. The molecule has 0 aliphatic rings. The lowest BCUT2D eigenvalue weighted by Gasteiger charge is -2.09. The maximum Gasteiger partial charge on any atom is 0.356 e. The van der Waals surface area contributed by atoms with Gasteiger partial charge in [0.1, 0.15) is 16.4 Å². The smallest absolute Gasteiger partial charge is 0.356 e. The third-order valence-electron chi connectivity index (χ3n) is 3.77. The predicted molar refractivity (Wildman–Crippen MR) is 103 cm³/mol. The summed E-state index contributed by atoms with van der Waals surface area (Å²) in [5.41, 5.74) is 0.167. The number of rotatable bonds is 6. The number of thiophene rings is 1. The van der Waals surface area contributed by atoms with Crippen molar-refractivity contribution in [2.45, 2.75) is 6.92 Å². The van der Waals surface area contributed by atoms with Crippen molar-refractivity contribution >= 4 is 34.2 Å². The fraction of sp³-hybridized carbons (Fsp3) is 0.105. The van der Waals surface area contributed by atoms with Gasteiger partial charge in [0.05, 0.1) is 6.61 Å². The molecular weight excluding hydrogens is 401 g/mol. The van der Waals surface area contributed by atoms with Gasteiger partial charge in [-0.25, -0.2) is 23.9 Å². The van der Waals surface area contributed by atoms with Gasteiger partial charge in [-0.3, -0.25) is 4.79 Å². The van der Waals surface area contributed by atoms with Gasteiger partial charge < -0.3 is 15.2 Å². The largest absolute Gasteiger partial charge is 0.476 e. The molecule has 0 aliphatic heterocycles. The molecule has 0 radical (unpaired) electrons. The van der Waals surface area contributed by atoms with E-state index >= 15 is 0 Å². The van der Waals surface area contributed by atoms with Crippen molar-refractivity contribution in [1.29, 1.82) is 0 Å². The number of amides is 1. The second-order valence-corrected chi connectivity index (χ2v) is 6.47. The molecule has 0 atom stereocenters. The van der Waals surface area contributed by atoms with Crippen LogP contribution in [0.4, 0.5) is 9.39 Å². The zero-order valence-corrected chi connectivity index (χ0v) is 15.8. The van der Waals surface area contributed by atoms with Crippen LogP contribution in [0.5, 0.6) is 0 Å². The second kappa shape index (κ2) is 8.57. The summed E-state index contributed by atoms with van der Waals surface area (Å²) >= 11 is 1.04. The number of esters is 1. The standard InChI is InChI=1S/C19H14FN3O5S/c1-2-28-19(27)13-12(10-3-5-11(20)6-4-10)9-29-17(13)23-16(24)14-15(18(25)26)22-8-7-21-14/h3-9H,2H2,1H3,(H,23,24)(H,25,26). The van der Waals surface area contributed by atoms with Gasteiger partial charge in [-0.2, -0.15) is 0 Å². The molecule has 0 saturated heterocycles. The first-order chi connectivity index (χ1) is 13.9. The SMILES string of the molecule is CCOC(=O)c1c(-c2ccc(F)cc2)csc1NC(=O)c1nccnc1C(=O)O. The van der Waals surface area contributed by atoms with Crippen LogP contribution in [0.25, 0.3) is 11.1 Å². The Hall–Kier alpha value is -3.66. The first-order valence-electron chi connectivity index (χ1n) is 8.32. The average Bonchev–Trinajstić information content (AvgIpc) is 3.12. The van der Waals surface area contributed by atoms with Crippen molar-refractivity contribution in [3.63, 3.8) is 0 Å². The Morgan fingerprint density at radius 2 is 1.79 bits per heavy atom. The van der Waals surface area contributed by atoms with E-state index in [-0.39, 0.29) is 17.2 Å². The molecule has 0 bridgehead atoms. The van der Waals surface area contributed by atoms with Gasteiger partial charge in [-0.15, -0.1) is 11.3 Å². The summed E-state index contributed by atoms with van der Waals surface area (Å²) < 4.78 is 18.3. The summed E-state index contributed by atoms with van der Waals surface area (Å²) in [7, 11) is 0. The molecule has 1 aromatic carbocycles. The second-order valence-electron chi connectivity index (χ2n) is 5.59. The lowest BCUT2D eigenvalue weighted by atomic mass is 10.0. The van der Waals surface area contributed by atoms with Gasteiger partial charge in [-0.05, 0) is 24.6 Å². The van der Waals surface area contributed by atoms with Crippen LogP contribution in [-0.2, 0) is 4.74 Å². The number of aromatic carboxylic acids is 1. The predicted octanol–water partition coefficient (Wildman–Crippen LogP) is 3.47. The Morgan fingerprint density at radius 3 is 2.41 bits per heavy atom. The Bertz CT molecular complexity index is 1080. The van der Waals surface area contributed by atoms with Crippen LogP contribution in [0.1, 0.15) is 38.3 Å². The zero-order valence-electron chi connectivity index (χ0n) is 15.0. The van der Waals surface area contributed by atoms with Gasteiger partial charge in [0.15, 0.2) is 11.4 Å². The number of carbonyl (C=O) groups is 3. The van der Waals surface area contributed by atoms with Crippen molar-refractivity contribution < 1.29 is 28.6 Å². The molecule has 29 heavy (non-hydrogen) atoms. The molecule has 3 rings (SSSR count). The molecule has 148 valence electrons. The highest BCUT2D eigenvalue weighted by Gasteiger charge is 2.25. The number of aromatic nitrogens is 2. The lowest BCUT2D eigenvalue weighted by molar-refractivity contribution is 0.0528. The average molecular weight is 415 g/mol. The van der Waals surface area contributed by atoms with Gasteiger partial charge in [0.25, 0.3) is 5.91 Å². The molecule has 0 saturated carbocycles. The highest BCUT2D eigenvalue weighted by atomic mass is 32.1. The molecule has 0 fully saturated rings. The highest BCUT2D eigenvalue weighted by Crippen LogP contribution is 2.36. The van der Waals surface area contributed by atoms with E-state index in [1.54, 1.807) is 12.3 Å². The summed E-state index contributed by atoms with van der Waals surface area (Å²) in [5.74, 6) is -3.36. The number of hydrogen-bond acceptors (Lipinski definition) is 7. The normalized spacial score (nSPS) is 10.4. The van der Waals surface area contributed by atoms with Crippen molar-refractivity contribution in [3.8, 4) is 11.1 Å². The Balaban J connectivity index is 2.01. The van der Waals surface area contributed by atoms with Crippen LogP contribution in [0.3, 0.4) is 0 Å². The van der Waals surface area contributed by atoms with E-state index in [4.69, 9.17) is 4.74 Å². The number of hydrogen-bond donors (Lipinski definition) is 2. The summed E-state index contributed by atoms with van der Waals surface area (Å²) in [5, 5.41) is 13.4. The minimum absolute atomic E-state index is 0.0811. The fourth-order valence-corrected chi connectivity index (χ4v) is 3.47. The number of ether oxygens (including phenoxy) is 1. The molecule has 2 N–H and O–H groups in total. The van der Waals surface area contributed by atoms with E-state index in [0.717, 1.165) is 17.5 Å². The molecule has 10 heteroatoms. The first-order valence-corrected chi connectivity index (χ1v) is 9.20. The quantitative estimate of drug-likeness (QED) is 0.592. The Morgan fingerprint density at radius 1 is 1.14 bits per heavy atom. The van der Waals surface area contributed by atoms with Crippen LogP contribution in [0, 0.1) is 5.82 Å². The molecular formula is C19H14FN3O5S. The minimum Gasteiger partial charge on any atom is -0.476 e. The number of halogens is 1. The third-order valence-corrected chi connectivity index (χ3v) is 4.66. The van der Waals surface area contributed by atoms with Gasteiger partial charge in [0.2, 0.25) is 0 Å². The van der Waals surface area contributed by atoms with Crippen molar-refractivity contribution in [2.75, 3.05) is 11.9 Å². The van der Waals surface area contributed by atoms with E-state index in [9.17, 15) is 23.9 Å². The van der Waals surface area contributed by atoms with E-state index in [0.29, 0.717) is 11.1 Å². The molecule has 2 aromatic heterocycles. The number of carbonyl (C=O) groups excluding carboxylic acids is 2. The van der Waals surface area contributed by atoms with Crippen LogP contribution < -0.4 is 5.32 Å². The highest BCUT2D eigenvalue weighted by molar-refractivity contribution is 7.15. The van der Waals surface area contributed by atoms with E-state index < -0.39 is 35.1 Å². The maximum atomic E-state index is 13.2. The first kappa shape index (κ1) is 20.1. The summed E-state index contributed by atoms with van der Waals surface area (Å²) in [6.45, 7) is 1.75. The number of anilines is 1. The van der Waals surface area contributed by atoms with Crippen LogP contribution >= 0.6 is 11.3 Å². The fourth-order valence-electron chi connectivity index (χ4n) is 2.52. The topological polar surface area (TPSA) is 118 Å². The van der Waals surface area contributed by atoms with Crippen molar-refractivity contribution in [2.24, 2.45) is 0 Å². The van der Waals surface area contributed by atoms with Crippen molar-refractivity contribution in [1.82, 2.24) is 9.97 Å². The Labute approximate surface area is 168 Å². The molecule has 3 aromatic rings.